The molecule has 0 aliphatic carbocycles. The van der Waals surface area contributed by atoms with Crippen molar-refractivity contribution in [1.82, 2.24) is 26.1 Å². The summed E-state index contributed by atoms with van der Waals surface area (Å²) in [5, 5.41) is 11.4. The molecule has 20 heteroatoms. The Hall–Kier alpha value is -6.58. The Morgan fingerprint density at radius 2 is 1.36 bits per heavy atom. The quantitative estimate of drug-likeness (QED) is 0.0295. The molecule has 3 aromatic carbocycles. The van der Waals surface area contributed by atoms with Gasteiger partial charge in [0.25, 0.3) is 5.91 Å². The first-order chi connectivity index (χ1) is 31.7. The van der Waals surface area contributed by atoms with Crippen LogP contribution < -0.4 is 27.4 Å². The summed E-state index contributed by atoms with van der Waals surface area (Å²) >= 11 is 0. The van der Waals surface area contributed by atoms with E-state index >= 15 is 0 Å². The number of rotatable bonds is 29. The van der Waals surface area contributed by atoms with Gasteiger partial charge >= 0.3 is 17.7 Å². The van der Waals surface area contributed by atoms with Crippen molar-refractivity contribution >= 4 is 35.4 Å². The molecule has 3 atom stereocenters. The van der Waals surface area contributed by atoms with Gasteiger partial charge in [-0.1, -0.05) is 78.0 Å². The summed E-state index contributed by atoms with van der Waals surface area (Å²) in [6.07, 6.45) is -2.88. The van der Waals surface area contributed by atoms with Gasteiger partial charge in [0.1, 0.15) is 18.2 Å². The zero-order valence-corrected chi connectivity index (χ0v) is 37.2. The fraction of sp³-hybridized carbons (Fsp3) is 0.435. The first-order valence-corrected chi connectivity index (χ1v) is 21.3. The number of hydrogen-bond acceptors (Lipinski definition) is 16. The first-order valence-electron chi connectivity index (χ1n) is 21.3. The molecule has 1 unspecified atom stereocenters. The van der Waals surface area contributed by atoms with Crippen LogP contribution in [0.4, 0.5) is 0 Å². The molecule has 20 nitrogen and oxygen atoms in total. The minimum atomic E-state index is -1.81. The van der Waals surface area contributed by atoms with Crippen molar-refractivity contribution in [2.45, 2.75) is 70.4 Å². The monoisotopic (exact) mass is 918 g/mol. The van der Waals surface area contributed by atoms with Crippen LogP contribution in [-0.2, 0) is 65.4 Å². The molecule has 4 rings (SSSR count). The van der Waals surface area contributed by atoms with E-state index in [9.17, 15) is 33.6 Å². The zero-order chi connectivity index (χ0) is 47.7. The molecule has 66 heavy (non-hydrogen) atoms. The standard InChI is InChI=1S/C46H58N6O14/c1-46(2,3)65-44(58)40(63-27-26-62-25-24-61-23-22-60-21-19-47)39(55)35(28-31-10-6-4-7-11-31)50-43(57)36(29-38(54)64-30-32-12-8-5-9-13-32)49-37(53)18-20-48-42(56)34-16-14-33(15-17-34)41-51-45(59)66-52-41/h4-17,35-36,40H,18-30,47H2,1-3H3,(H,48,56)(H,49,53)(H,50,57)(H,51,52,59)/t35-,36-,40?/m0/s1. The topological polar surface area (TPSA) is 279 Å². The van der Waals surface area contributed by atoms with Gasteiger partial charge in [0.15, 0.2) is 11.6 Å². The van der Waals surface area contributed by atoms with Crippen molar-refractivity contribution in [3.05, 3.63) is 112 Å². The number of H-pyrrole nitrogens is 1. The molecule has 1 aromatic heterocycles. The Morgan fingerprint density at radius 1 is 0.758 bits per heavy atom. The van der Waals surface area contributed by atoms with E-state index in [2.05, 4.69) is 30.6 Å². The molecule has 0 saturated carbocycles. The average Bonchev–Trinajstić information content (AvgIpc) is 3.74. The molecule has 0 bridgehead atoms. The molecule has 6 N–H and O–H groups in total. The number of ketones is 1. The molecule has 0 aliphatic heterocycles. The van der Waals surface area contributed by atoms with Crippen LogP contribution in [0.1, 0.15) is 55.1 Å². The lowest BCUT2D eigenvalue weighted by molar-refractivity contribution is -0.173. The second-order valence-corrected chi connectivity index (χ2v) is 15.6. The maximum atomic E-state index is 14.4. The van der Waals surface area contributed by atoms with Gasteiger partial charge < -0.3 is 50.1 Å². The second-order valence-electron chi connectivity index (χ2n) is 15.6. The highest BCUT2D eigenvalue weighted by Crippen LogP contribution is 2.16. The van der Waals surface area contributed by atoms with Crippen molar-refractivity contribution in [1.29, 1.82) is 0 Å². The Bertz CT molecular complexity index is 2190. The molecule has 0 radical (unpaired) electrons. The normalized spacial score (nSPS) is 12.6. The number of carbonyl (C=O) groups is 6. The van der Waals surface area contributed by atoms with E-state index in [0.717, 1.165) is 0 Å². The summed E-state index contributed by atoms with van der Waals surface area (Å²) < 4.78 is 37.6. The molecule has 0 saturated heterocycles. The summed E-state index contributed by atoms with van der Waals surface area (Å²) in [6, 6.07) is 20.5. The lowest BCUT2D eigenvalue weighted by atomic mass is 9.98. The van der Waals surface area contributed by atoms with Gasteiger partial charge in [-0.25, -0.2) is 9.59 Å². The lowest BCUT2D eigenvalue weighted by Gasteiger charge is -2.27. The number of aromatic nitrogens is 2. The van der Waals surface area contributed by atoms with Gasteiger partial charge in [-0.2, -0.15) is 0 Å². The molecule has 356 valence electrons. The molecule has 3 amide bonds. The SMILES string of the molecule is CC(C)(C)OC(=O)C(OCCOCCOCCOCCN)C(=O)[C@H](Cc1ccccc1)NC(=O)[C@H](CC(=O)OCc1ccccc1)NC(=O)CCNC(=O)c1ccc(-c2noc(=O)[nH]2)cc1. The zero-order valence-electron chi connectivity index (χ0n) is 37.2. The average molecular weight is 919 g/mol. The van der Waals surface area contributed by atoms with Crippen molar-refractivity contribution in [2.75, 3.05) is 59.3 Å². The predicted octanol–water partition coefficient (Wildman–Crippen LogP) is 1.80. The van der Waals surface area contributed by atoms with Crippen LogP contribution in [0.15, 0.2) is 94.2 Å². The Kier molecular flexibility index (Phi) is 21.8. The van der Waals surface area contributed by atoms with E-state index in [1.54, 1.807) is 93.6 Å². The Labute approximate surface area is 381 Å². The summed E-state index contributed by atoms with van der Waals surface area (Å²) in [5.74, 6) is -5.43. The highest BCUT2D eigenvalue weighted by molar-refractivity contribution is 6.06. The number of nitrogens with two attached hydrogens (primary N) is 1. The lowest BCUT2D eigenvalue weighted by Crippen LogP contribution is -2.56. The highest BCUT2D eigenvalue weighted by atomic mass is 16.6. The third kappa shape index (κ3) is 19.3. The van der Waals surface area contributed by atoms with E-state index in [1.807, 2.05) is 0 Å². The van der Waals surface area contributed by atoms with E-state index < -0.39 is 71.4 Å². The molecule has 1 heterocycles. The van der Waals surface area contributed by atoms with Crippen LogP contribution in [0.25, 0.3) is 11.4 Å². The van der Waals surface area contributed by atoms with E-state index in [1.165, 1.54) is 12.1 Å². The summed E-state index contributed by atoms with van der Waals surface area (Å²) in [7, 11) is 0. The second kappa shape index (κ2) is 27.7. The van der Waals surface area contributed by atoms with E-state index in [0.29, 0.717) is 43.1 Å². The Morgan fingerprint density at radius 3 is 1.95 bits per heavy atom. The van der Waals surface area contributed by atoms with E-state index in [-0.39, 0.29) is 63.8 Å². The van der Waals surface area contributed by atoms with Gasteiger partial charge in [0.2, 0.25) is 17.9 Å². The number of aromatic amines is 1. The third-order valence-corrected chi connectivity index (χ3v) is 9.10. The number of carbonyl (C=O) groups excluding carboxylic acids is 6. The number of nitrogens with one attached hydrogen (secondary N) is 4. The minimum Gasteiger partial charge on any atom is -0.461 e. The molecule has 4 aromatic rings. The molecule has 0 spiro atoms. The summed E-state index contributed by atoms with van der Waals surface area (Å²) in [5.41, 5.74) is 6.41. The van der Waals surface area contributed by atoms with Crippen molar-refractivity contribution in [3.63, 3.8) is 0 Å². The number of Topliss-reactive ketones (excluding diaryl/α,β-unsaturated/α-hetero) is 1. The van der Waals surface area contributed by atoms with Crippen LogP contribution in [0.2, 0.25) is 0 Å². The van der Waals surface area contributed by atoms with Gasteiger partial charge in [0.05, 0.1) is 58.7 Å². The number of nitrogens with zero attached hydrogens (tertiary/aromatic N) is 1. The number of ether oxygens (including phenoxy) is 6. The minimum absolute atomic E-state index is 0.0197. The third-order valence-electron chi connectivity index (χ3n) is 9.10. The molecular formula is C46H58N6O14. The van der Waals surface area contributed by atoms with Crippen LogP contribution in [0, 0.1) is 0 Å². The van der Waals surface area contributed by atoms with Crippen LogP contribution in [0.5, 0.6) is 0 Å². The van der Waals surface area contributed by atoms with Crippen molar-refractivity contribution < 1.29 is 61.7 Å². The van der Waals surface area contributed by atoms with Gasteiger partial charge in [-0.15, -0.1) is 0 Å². The largest absolute Gasteiger partial charge is 0.461 e. The summed E-state index contributed by atoms with van der Waals surface area (Å²) in [4.78, 5) is 95.3. The van der Waals surface area contributed by atoms with Gasteiger partial charge in [0, 0.05) is 30.6 Å². The van der Waals surface area contributed by atoms with Crippen molar-refractivity contribution in [3.8, 4) is 11.4 Å². The summed E-state index contributed by atoms with van der Waals surface area (Å²) in [6.45, 7) is 6.36. The highest BCUT2D eigenvalue weighted by Gasteiger charge is 2.38. The van der Waals surface area contributed by atoms with Crippen LogP contribution in [-0.4, -0.2) is 129 Å². The number of benzene rings is 3. The predicted molar refractivity (Wildman–Crippen MR) is 236 cm³/mol. The fourth-order valence-corrected chi connectivity index (χ4v) is 5.96. The number of amides is 3. The van der Waals surface area contributed by atoms with Gasteiger partial charge in [-0.05, 0) is 50.5 Å². The Balaban J connectivity index is 1.46. The molecule has 0 aliphatic rings. The first kappa shape index (κ1) is 52.0. The van der Waals surface area contributed by atoms with Crippen LogP contribution >= 0.6 is 0 Å². The maximum Gasteiger partial charge on any atom is 0.439 e. The molecule has 0 fully saturated rings. The molecular weight excluding hydrogens is 861 g/mol. The fourth-order valence-electron chi connectivity index (χ4n) is 5.96. The number of hydrogen-bond donors (Lipinski definition) is 5. The van der Waals surface area contributed by atoms with E-state index in [4.69, 9.17) is 34.2 Å². The van der Waals surface area contributed by atoms with Crippen LogP contribution in [0.3, 0.4) is 0 Å². The van der Waals surface area contributed by atoms with Gasteiger partial charge in [-0.3, -0.25) is 33.5 Å². The van der Waals surface area contributed by atoms with Crippen molar-refractivity contribution in [2.24, 2.45) is 5.73 Å². The smallest absolute Gasteiger partial charge is 0.439 e. The number of esters is 2. The maximum absolute atomic E-state index is 14.4.